The number of ether oxygens (including phenoxy) is 1. The standard InChI is InChI=1S/C14H17N3O2/c1-4-19-14(18)10-7-16-12-9(3)6-5-8(2)11(12)13(10)17-15/h5-7H,4,15H2,1-3H3,(H,16,17). The molecule has 0 spiro atoms. The molecule has 0 saturated carbocycles. The zero-order valence-electron chi connectivity index (χ0n) is 11.3. The fourth-order valence-electron chi connectivity index (χ4n) is 2.12. The average molecular weight is 259 g/mol. The lowest BCUT2D eigenvalue weighted by Gasteiger charge is -2.14. The minimum Gasteiger partial charge on any atom is -0.462 e. The van der Waals surface area contributed by atoms with E-state index in [1.54, 1.807) is 6.92 Å². The van der Waals surface area contributed by atoms with Crippen molar-refractivity contribution < 1.29 is 9.53 Å². The topological polar surface area (TPSA) is 77.2 Å². The number of carbonyl (C=O) groups is 1. The predicted octanol–water partition coefficient (Wildman–Crippen LogP) is 2.31. The fraction of sp³-hybridized carbons (Fsp3) is 0.286. The van der Waals surface area contributed by atoms with Gasteiger partial charge in [0.05, 0.1) is 17.8 Å². The van der Waals surface area contributed by atoms with Gasteiger partial charge in [0.1, 0.15) is 5.56 Å². The van der Waals surface area contributed by atoms with Crippen LogP contribution in [0.4, 0.5) is 5.69 Å². The van der Waals surface area contributed by atoms with Gasteiger partial charge in [-0.15, -0.1) is 0 Å². The summed E-state index contributed by atoms with van der Waals surface area (Å²) in [5.74, 6) is 5.16. The summed E-state index contributed by atoms with van der Waals surface area (Å²) < 4.78 is 5.01. The second kappa shape index (κ2) is 5.24. The van der Waals surface area contributed by atoms with Crippen LogP contribution in [0.1, 0.15) is 28.4 Å². The zero-order chi connectivity index (χ0) is 14.0. The van der Waals surface area contributed by atoms with E-state index in [1.165, 1.54) is 6.20 Å². The molecular formula is C14H17N3O2. The van der Waals surface area contributed by atoms with E-state index >= 15 is 0 Å². The van der Waals surface area contributed by atoms with Gasteiger partial charge >= 0.3 is 5.97 Å². The number of hydrazine groups is 1. The Morgan fingerprint density at radius 3 is 2.68 bits per heavy atom. The third-order valence-corrected chi connectivity index (χ3v) is 3.07. The van der Waals surface area contributed by atoms with E-state index in [0.717, 1.165) is 22.0 Å². The zero-order valence-corrected chi connectivity index (χ0v) is 11.3. The Kier molecular flexibility index (Phi) is 3.66. The van der Waals surface area contributed by atoms with Gasteiger partial charge < -0.3 is 10.2 Å². The molecule has 0 radical (unpaired) electrons. The van der Waals surface area contributed by atoms with Gasteiger partial charge in [-0.2, -0.15) is 0 Å². The number of carbonyl (C=O) groups excluding carboxylic acids is 1. The molecule has 5 heteroatoms. The van der Waals surface area contributed by atoms with Crippen LogP contribution in [-0.4, -0.2) is 17.6 Å². The molecule has 0 unspecified atom stereocenters. The predicted molar refractivity (Wildman–Crippen MR) is 75.0 cm³/mol. The number of aryl methyl sites for hydroxylation is 2. The molecular weight excluding hydrogens is 242 g/mol. The number of benzene rings is 1. The van der Waals surface area contributed by atoms with Crippen molar-refractivity contribution in [2.75, 3.05) is 12.0 Å². The molecule has 3 N–H and O–H groups in total. The Bertz CT molecular complexity index is 638. The molecule has 2 rings (SSSR count). The third-order valence-electron chi connectivity index (χ3n) is 3.07. The molecule has 0 amide bonds. The molecule has 0 fully saturated rings. The molecule has 1 heterocycles. The van der Waals surface area contributed by atoms with E-state index in [1.807, 2.05) is 26.0 Å². The minimum atomic E-state index is -0.425. The van der Waals surface area contributed by atoms with E-state index in [-0.39, 0.29) is 0 Å². The summed E-state index contributed by atoms with van der Waals surface area (Å²) in [7, 11) is 0. The second-order valence-corrected chi connectivity index (χ2v) is 4.33. The first kappa shape index (κ1) is 13.3. The molecule has 2 aromatic rings. The molecule has 0 bridgehead atoms. The smallest absolute Gasteiger partial charge is 0.341 e. The first-order valence-corrected chi connectivity index (χ1v) is 6.12. The molecule has 0 atom stereocenters. The third kappa shape index (κ3) is 2.24. The van der Waals surface area contributed by atoms with E-state index in [0.29, 0.717) is 17.9 Å². The monoisotopic (exact) mass is 259 g/mol. The number of esters is 1. The van der Waals surface area contributed by atoms with Crippen molar-refractivity contribution in [2.24, 2.45) is 5.84 Å². The van der Waals surface area contributed by atoms with Crippen molar-refractivity contribution >= 4 is 22.6 Å². The quantitative estimate of drug-likeness (QED) is 0.502. The number of fused-ring (bicyclic) bond motifs is 1. The molecule has 1 aromatic carbocycles. The van der Waals surface area contributed by atoms with E-state index in [2.05, 4.69) is 10.4 Å². The fourth-order valence-corrected chi connectivity index (χ4v) is 2.12. The van der Waals surface area contributed by atoms with Gasteiger partial charge in [0, 0.05) is 11.6 Å². The first-order chi connectivity index (χ1) is 9.10. The van der Waals surface area contributed by atoms with Crippen LogP contribution in [0.15, 0.2) is 18.3 Å². The molecule has 100 valence electrons. The first-order valence-electron chi connectivity index (χ1n) is 6.12. The van der Waals surface area contributed by atoms with Crippen LogP contribution in [0.25, 0.3) is 10.9 Å². The average Bonchev–Trinajstić information content (AvgIpc) is 2.41. The number of hydrogen-bond acceptors (Lipinski definition) is 5. The lowest BCUT2D eigenvalue weighted by atomic mass is 10.0. The number of aromatic nitrogens is 1. The van der Waals surface area contributed by atoms with Crippen molar-refractivity contribution in [1.29, 1.82) is 0 Å². The Balaban J connectivity index is 2.76. The summed E-state index contributed by atoms with van der Waals surface area (Å²) in [5.41, 5.74) is 6.39. The number of anilines is 1. The van der Waals surface area contributed by atoms with Crippen LogP contribution in [0, 0.1) is 13.8 Å². The Labute approximate surface area is 111 Å². The van der Waals surface area contributed by atoms with Crippen LogP contribution < -0.4 is 11.3 Å². The van der Waals surface area contributed by atoms with Crippen molar-refractivity contribution in [2.45, 2.75) is 20.8 Å². The van der Waals surface area contributed by atoms with Gasteiger partial charge in [0.25, 0.3) is 0 Å². The summed E-state index contributed by atoms with van der Waals surface area (Å²) in [5, 5.41) is 0.855. The highest BCUT2D eigenvalue weighted by Crippen LogP contribution is 2.30. The maximum atomic E-state index is 11.9. The summed E-state index contributed by atoms with van der Waals surface area (Å²) in [6.45, 7) is 6.00. The highest BCUT2D eigenvalue weighted by Gasteiger charge is 2.17. The number of nitrogen functional groups attached to an aromatic ring is 1. The Hall–Kier alpha value is -2.14. The van der Waals surface area contributed by atoms with Crippen molar-refractivity contribution in [3.05, 3.63) is 35.0 Å². The largest absolute Gasteiger partial charge is 0.462 e. The van der Waals surface area contributed by atoms with Gasteiger partial charge in [-0.3, -0.25) is 10.8 Å². The van der Waals surface area contributed by atoms with Crippen molar-refractivity contribution in [3.8, 4) is 0 Å². The highest BCUT2D eigenvalue weighted by molar-refractivity contribution is 6.06. The number of rotatable bonds is 3. The molecule has 0 aliphatic carbocycles. The lowest BCUT2D eigenvalue weighted by Crippen LogP contribution is -2.15. The molecule has 0 saturated heterocycles. The summed E-state index contributed by atoms with van der Waals surface area (Å²) >= 11 is 0. The van der Waals surface area contributed by atoms with Crippen LogP contribution in [0.2, 0.25) is 0 Å². The maximum absolute atomic E-state index is 11.9. The minimum absolute atomic E-state index is 0.313. The summed E-state index contributed by atoms with van der Waals surface area (Å²) in [6.07, 6.45) is 1.50. The molecule has 0 aliphatic rings. The maximum Gasteiger partial charge on any atom is 0.341 e. The van der Waals surface area contributed by atoms with Crippen LogP contribution >= 0.6 is 0 Å². The van der Waals surface area contributed by atoms with Crippen LogP contribution in [-0.2, 0) is 4.74 Å². The van der Waals surface area contributed by atoms with E-state index < -0.39 is 5.97 Å². The Morgan fingerprint density at radius 2 is 2.05 bits per heavy atom. The van der Waals surface area contributed by atoms with E-state index in [4.69, 9.17) is 10.6 Å². The van der Waals surface area contributed by atoms with Crippen LogP contribution in [0.3, 0.4) is 0 Å². The molecule has 0 aliphatic heterocycles. The molecule has 5 nitrogen and oxygen atoms in total. The van der Waals surface area contributed by atoms with Crippen LogP contribution in [0.5, 0.6) is 0 Å². The van der Waals surface area contributed by atoms with Gasteiger partial charge in [0.2, 0.25) is 0 Å². The van der Waals surface area contributed by atoms with Gasteiger partial charge in [-0.05, 0) is 31.9 Å². The van der Waals surface area contributed by atoms with Crippen molar-refractivity contribution in [3.63, 3.8) is 0 Å². The summed E-state index contributed by atoms with van der Waals surface area (Å²) in [4.78, 5) is 16.3. The highest BCUT2D eigenvalue weighted by atomic mass is 16.5. The SMILES string of the molecule is CCOC(=O)c1cnc2c(C)ccc(C)c2c1NN. The lowest BCUT2D eigenvalue weighted by molar-refractivity contribution is 0.0527. The number of nitrogens with zero attached hydrogens (tertiary/aromatic N) is 1. The second-order valence-electron chi connectivity index (χ2n) is 4.33. The van der Waals surface area contributed by atoms with E-state index in [9.17, 15) is 4.79 Å². The number of nitrogens with two attached hydrogens (primary N) is 1. The molecule has 1 aromatic heterocycles. The van der Waals surface area contributed by atoms with Gasteiger partial charge in [0.15, 0.2) is 0 Å². The number of pyridine rings is 1. The number of nitrogens with one attached hydrogen (secondary N) is 1. The van der Waals surface area contributed by atoms with Gasteiger partial charge in [-0.1, -0.05) is 12.1 Å². The molecule has 19 heavy (non-hydrogen) atoms. The van der Waals surface area contributed by atoms with Gasteiger partial charge in [-0.25, -0.2) is 4.79 Å². The normalized spacial score (nSPS) is 10.5. The van der Waals surface area contributed by atoms with Crippen molar-refractivity contribution in [1.82, 2.24) is 4.98 Å². The Morgan fingerprint density at radius 1 is 1.37 bits per heavy atom. The summed E-state index contributed by atoms with van der Waals surface area (Å²) in [6, 6.07) is 3.98. The number of hydrogen-bond donors (Lipinski definition) is 2.